The lowest BCUT2D eigenvalue weighted by Gasteiger charge is -2.26. The van der Waals surface area contributed by atoms with Crippen LogP contribution in [-0.2, 0) is 0 Å². The Bertz CT molecular complexity index is 415. The second-order valence-corrected chi connectivity index (χ2v) is 5.21. The van der Waals surface area contributed by atoms with E-state index >= 15 is 0 Å². The smallest absolute Gasteiger partial charge is 0.302 e. The zero-order valence-electron chi connectivity index (χ0n) is 10.7. The van der Waals surface area contributed by atoms with Crippen molar-refractivity contribution in [3.8, 4) is 0 Å². The zero-order chi connectivity index (χ0) is 13.3. The van der Waals surface area contributed by atoms with Crippen LogP contribution in [0.1, 0.15) is 19.8 Å². The molecule has 0 radical (unpaired) electrons. The monoisotopic (exact) mass is 257 g/mol. The fourth-order valence-electron chi connectivity index (χ4n) is 2.44. The van der Waals surface area contributed by atoms with E-state index in [9.17, 15) is 13.2 Å². The van der Waals surface area contributed by atoms with Crippen molar-refractivity contribution in [3.63, 3.8) is 0 Å². The Labute approximate surface area is 106 Å². The molecule has 0 saturated heterocycles. The second-order valence-electron chi connectivity index (χ2n) is 5.21. The summed E-state index contributed by atoms with van der Waals surface area (Å²) in [5.74, 6) is -0.0396. The van der Waals surface area contributed by atoms with Crippen LogP contribution in [-0.4, -0.2) is 31.2 Å². The second kappa shape index (κ2) is 4.92. The molecule has 0 bridgehead atoms. The highest BCUT2D eigenvalue weighted by Crippen LogP contribution is 2.37. The number of hydrogen-bond acceptors (Lipinski definition) is 1. The average Bonchev–Trinajstić information content (AvgIpc) is 2.28. The molecule has 18 heavy (non-hydrogen) atoms. The van der Waals surface area contributed by atoms with Crippen molar-refractivity contribution < 1.29 is 13.2 Å². The van der Waals surface area contributed by atoms with Crippen LogP contribution in [0.25, 0.3) is 0 Å². The molecule has 1 aliphatic carbocycles. The number of rotatable bonds is 1. The Morgan fingerprint density at radius 1 is 1.33 bits per heavy atom. The lowest BCUT2D eigenvalue weighted by atomic mass is 9.86. The van der Waals surface area contributed by atoms with Crippen molar-refractivity contribution in [3.05, 3.63) is 34.9 Å². The van der Waals surface area contributed by atoms with E-state index < -0.39 is 11.7 Å². The van der Waals surface area contributed by atoms with E-state index in [-0.39, 0.29) is 12.3 Å². The van der Waals surface area contributed by atoms with E-state index in [1.807, 2.05) is 26.1 Å². The Kier molecular flexibility index (Phi) is 3.66. The summed E-state index contributed by atoms with van der Waals surface area (Å²) in [6, 6.07) is 0. The summed E-state index contributed by atoms with van der Waals surface area (Å²) in [6.45, 7) is 3.57. The van der Waals surface area contributed by atoms with E-state index in [0.717, 1.165) is 30.7 Å². The van der Waals surface area contributed by atoms with Crippen molar-refractivity contribution >= 4 is 0 Å². The molecule has 2 rings (SSSR count). The molecule has 1 unspecified atom stereocenters. The molecule has 0 spiro atoms. The van der Waals surface area contributed by atoms with Crippen molar-refractivity contribution in [2.45, 2.75) is 25.9 Å². The molecule has 2 aliphatic rings. The fraction of sp³-hybridized carbons (Fsp3) is 0.571. The number of hydrogen-bond donors (Lipinski definition) is 0. The van der Waals surface area contributed by atoms with Gasteiger partial charge in [-0.15, -0.1) is 0 Å². The molecule has 0 aromatic heterocycles. The molecule has 1 heterocycles. The van der Waals surface area contributed by atoms with E-state index in [1.54, 1.807) is 0 Å². The Hall–Kier alpha value is -1.03. The van der Waals surface area contributed by atoms with Gasteiger partial charge < -0.3 is 4.90 Å². The van der Waals surface area contributed by atoms with Crippen LogP contribution >= 0.6 is 0 Å². The lowest BCUT2D eigenvalue weighted by molar-refractivity contribution is -0.0950. The molecule has 0 N–H and O–H groups in total. The van der Waals surface area contributed by atoms with Crippen LogP contribution in [0.5, 0.6) is 0 Å². The largest absolute Gasteiger partial charge is 0.412 e. The van der Waals surface area contributed by atoms with Gasteiger partial charge in [-0.25, -0.2) is 0 Å². The van der Waals surface area contributed by atoms with Gasteiger partial charge in [0.05, 0.1) is 0 Å². The third-order valence-electron chi connectivity index (χ3n) is 3.48. The highest BCUT2D eigenvalue weighted by Gasteiger charge is 2.35. The first-order chi connectivity index (χ1) is 8.36. The number of allylic oxidation sites excluding steroid dienone is 4. The van der Waals surface area contributed by atoms with Gasteiger partial charge >= 0.3 is 6.18 Å². The molecular weight excluding hydrogens is 239 g/mol. The predicted octanol–water partition coefficient (Wildman–Crippen LogP) is 3.70. The molecule has 1 aliphatic heterocycles. The predicted molar refractivity (Wildman–Crippen MR) is 66.2 cm³/mol. The van der Waals surface area contributed by atoms with Crippen LogP contribution < -0.4 is 0 Å². The van der Waals surface area contributed by atoms with Gasteiger partial charge in [0.15, 0.2) is 0 Å². The fourth-order valence-corrected chi connectivity index (χ4v) is 2.44. The minimum absolute atomic E-state index is 0.0396. The minimum atomic E-state index is -4.19. The van der Waals surface area contributed by atoms with Crippen molar-refractivity contribution in [1.29, 1.82) is 0 Å². The maximum Gasteiger partial charge on any atom is 0.412 e. The third kappa shape index (κ3) is 3.05. The molecule has 1 atom stereocenters. The number of likely N-dealkylation sites (N-methyl/N-ethyl adjacent to an activating group) is 1. The van der Waals surface area contributed by atoms with Crippen LogP contribution in [0.4, 0.5) is 13.2 Å². The number of alkyl halides is 3. The van der Waals surface area contributed by atoms with E-state index in [4.69, 9.17) is 0 Å². The highest BCUT2D eigenvalue weighted by molar-refractivity contribution is 5.45. The molecule has 0 saturated carbocycles. The van der Waals surface area contributed by atoms with Crippen LogP contribution in [0.2, 0.25) is 0 Å². The number of nitrogens with zero attached hydrogens (tertiary/aromatic N) is 1. The summed E-state index contributed by atoms with van der Waals surface area (Å²) in [4.78, 5) is 2.16. The van der Waals surface area contributed by atoms with Gasteiger partial charge in [-0.05, 0) is 43.0 Å². The SMILES string of the molecule is CC1C=C(C2=CCN(C)CC2)C=C(C(F)(F)F)C1. The minimum Gasteiger partial charge on any atom is -0.302 e. The van der Waals surface area contributed by atoms with E-state index in [0.29, 0.717) is 0 Å². The van der Waals surface area contributed by atoms with Crippen LogP contribution in [0.3, 0.4) is 0 Å². The summed E-state index contributed by atoms with van der Waals surface area (Å²) < 4.78 is 38.4. The van der Waals surface area contributed by atoms with Gasteiger partial charge in [0, 0.05) is 18.7 Å². The first kappa shape index (κ1) is 13.4. The Morgan fingerprint density at radius 2 is 2.06 bits per heavy atom. The van der Waals surface area contributed by atoms with Crippen molar-refractivity contribution in [2.75, 3.05) is 20.1 Å². The van der Waals surface area contributed by atoms with Gasteiger partial charge in [0.25, 0.3) is 0 Å². The molecule has 100 valence electrons. The Morgan fingerprint density at radius 3 is 2.61 bits per heavy atom. The summed E-state index contributed by atoms with van der Waals surface area (Å²) in [6.07, 6.45) is 2.07. The average molecular weight is 257 g/mol. The molecule has 0 aromatic rings. The molecular formula is C14H18F3N. The summed E-state index contributed by atoms with van der Waals surface area (Å²) in [5.41, 5.74) is 1.43. The first-order valence-electron chi connectivity index (χ1n) is 6.24. The van der Waals surface area contributed by atoms with E-state index in [2.05, 4.69) is 4.90 Å². The summed E-state index contributed by atoms with van der Waals surface area (Å²) >= 11 is 0. The quantitative estimate of drug-likeness (QED) is 0.692. The van der Waals surface area contributed by atoms with E-state index in [1.165, 1.54) is 6.08 Å². The molecule has 4 heteroatoms. The highest BCUT2D eigenvalue weighted by atomic mass is 19.4. The lowest BCUT2D eigenvalue weighted by Crippen LogP contribution is -2.25. The summed E-state index contributed by atoms with van der Waals surface area (Å²) in [7, 11) is 2.02. The molecule has 0 aromatic carbocycles. The topological polar surface area (TPSA) is 3.24 Å². The normalized spacial score (nSPS) is 26.5. The van der Waals surface area contributed by atoms with Gasteiger partial charge in [0.2, 0.25) is 0 Å². The van der Waals surface area contributed by atoms with Crippen molar-refractivity contribution in [2.24, 2.45) is 5.92 Å². The third-order valence-corrected chi connectivity index (χ3v) is 3.48. The maximum atomic E-state index is 12.8. The van der Waals surface area contributed by atoms with Gasteiger partial charge in [0.1, 0.15) is 0 Å². The molecule has 0 amide bonds. The van der Waals surface area contributed by atoms with Gasteiger partial charge in [-0.2, -0.15) is 13.2 Å². The Balaban J connectivity index is 2.25. The maximum absolute atomic E-state index is 12.8. The summed E-state index contributed by atoms with van der Waals surface area (Å²) in [5, 5.41) is 0. The standard InChI is InChI=1S/C14H18F3N/c1-10-7-12(9-13(8-10)14(15,16)17)11-3-5-18(2)6-4-11/h3,7,9-10H,4-6,8H2,1-2H3. The van der Waals surface area contributed by atoms with Crippen molar-refractivity contribution in [1.82, 2.24) is 4.90 Å². The van der Waals surface area contributed by atoms with Crippen LogP contribution in [0, 0.1) is 5.92 Å². The molecule has 1 nitrogen and oxygen atoms in total. The van der Waals surface area contributed by atoms with Crippen LogP contribution in [0.15, 0.2) is 34.9 Å². The van der Waals surface area contributed by atoms with Gasteiger partial charge in [-0.3, -0.25) is 0 Å². The molecule has 0 fully saturated rings. The van der Waals surface area contributed by atoms with Gasteiger partial charge in [-0.1, -0.05) is 19.1 Å². The number of halogens is 3. The zero-order valence-corrected chi connectivity index (χ0v) is 10.7. The first-order valence-corrected chi connectivity index (χ1v) is 6.24.